The van der Waals surface area contributed by atoms with E-state index in [1.54, 1.807) is 12.2 Å². The number of carboxylic acids is 3. The molecule has 2 aliphatic carbocycles. The molecule has 114 valence electrons. The Kier molecular flexibility index (Phi) is 3.97. The van der Waals surface area contributed by atoms with Gasteiger partial charge in [-0.15, -0.1) is 0 Å². The molecule has 2 bridgehead atoms. The highest BCUT2D eigenvalue weighted by Crippen LogP contribution is 2.48. The Balaban J connectivity index is 2.11. The van der Waals surface area contributed by atoms with Crippen molar-refractivity contribution in [3.8, 4) is 0 Å². The summed E-state index contributed by atoms with van der Waals surface area (Å²) in [5, 5.41) is 28.9. The molecular formula is C13H15NO7. The molecule has 4 N–H and O–H groups in total. The quantitative estimate of drug-likeness (QED) is 0.487. The Morgan fingerprint density at radius 3 is 2.10 bits per heavy atom. The van der Waals surface area contributed by atoms with E-state index in [1.165, 1.54) is 0 Å². The summed E-state index contributed by atoms with van der Waals surface area (Å²) in [5.41, 5.74) is 0. The lowest BCUT2D eigenvalue weighted by Crippen LogP contribution is -2.48. The molecule has 0 radical (unpaired) electrons. The first-order valence-electron chi connectivity index (χ1n) is 6.47. The number of carbonyl (C=O) groups excluding carboxylic acids is 1. The third-order valence-corrected chi connectivity index (χ3v) is 4.04. The van der Waals surface area contributed by atoms with Crippen molar-refractivity contribution in [2.75, 3.05) is 0 Å². The van der Waals surface area contributed by atoms with Gasteiger partial charge in [-0.2, -0.15) is 0 Å². The molecule has 1 amide bonds. The number of fused-ring (bicyclic) bond motifs is 2. The number of carbonyl (C=O) groups is 4. The molecule has 0 unspecified atom stereocenters. The Labute approximate surface area is 119 Å². The summed E-state index contributed by atoms with van der Waals surface area (Å²) in [6.07, 6.45) is 3.32. The van der Waals surface area contributed by atoms with Crippen LogP contribution >= 0.6 is 0 Å². The first-order chi connectivity index (χ1) is 9.81. The molecule has 0 aromatic rings. The lowest BCUT2D eigenvalue weighted by Gasteiger charge is -2.25. The van der Waals surface area contributed by atoms with Crippen molar-refractivity contribution in [1.82, 2.24) is 5.32 Å². The van der Waals surface area contributed by atoms with Gasteiger partial charge in [0.1, 0.15) is 6.04 Å². The zero-order valence-electron chi connectivity index (χ0n) is 10.9. The van der Waals surface area contributed by atoms with Gasteiger partial charge in [0.25, 0.3) is 0 Å². The van der Waals surface area contributed by atoms with E-state index in [0.717, 1.165) is 0 Å². The fourth-order valence-electron chi connectivity index (χ4n) is 3.16. The van der Waals surface area contributed by atoms with Crippen LogP contribution in [0.15, 0.2) is 12.2 Å². The molecule has 0 heterocycles. The van der Waals surface area contributed by atoms with E-state index in [4.69, 9.17) is 10.2 Å². The van der Waals surface area contributed by atoms with E-state index in [9.17, 15) is 24.3 Å². The Morgan fingerprint density at radius 1 is 1.05 bits per heavy atom. The first kappa shape index (κ1) is 15.0. The lowest BCUT2D eigenvalue weighted by molar-refractivity contribution is -0.150. The third-order valence-electron chi connectivity index (χ3n) is 4.04. The van der Waals surface area contributed by atoms with Gasteiger partial charge < -0.3 is 20.6 Å². The Hall–Kier alpha value is -2.38. The van der Waals surface area contributed by atoms with E-state index in [2.05, 4.69) is 5.32 Å². The van der Waals surface area contributed by atoms with Gasteiger partial charge in [0, 0.05) is 0 Å². The van der Waals surface area contributed by atoms with E-state index >= 15 is 0 Å². The van der Waals surface area contributed by atoms with Crippen molar-refractivity contribution in [3.63, 3.8) is 0 Å². The largest absolute Gasteiger partial charge is 0.481 e. The van der Waals surface area contributed by atoms with Crippen molar-refractivity contribution in [1.29, 1.82) is 0 Å². The molecule has 0 aromatic carbocycles. The van der Waals surface area contributed by atoms with Crippen LogP contribution in [-0.4, -0.2) is 45.2 Å². The number of amides is 1. The average molecular weight is 297 g/mol. The number of nitrogens with one attached hydrogen (secondary N) is 1. The second-order valence-corrected chi connectivity index (χ2v) is 5.34. The zero-order chi connectivity index (χ0) is 15.7. The van der Waals surface area contributed by atoms with Crippen molar-refractivity contribution >= 4 is 23.8 Å². The number of hydrogen-bond acceptors (Lipinski definition) is 4. The third kappa shape index (κ3) is 2.88. The normalized spacial score (nSPS) is 30.9. The molecule has 21 heavy (non-hydrogen) atoms. The van der Waals surface area contributed by atoms with E-state index < -0.39 is 48.1 Å². The van der Waals surface area contributed by atoms with E-state index in [1.807, 2.05) is 0 Å². The van der Waals surface area contributed by atoms with Crippen LogP contribution in [0.25, 0.3) is 0 Å². The summed E-state index contributed by atoms with van der Waals surface area (Å²) >= 11 is 0. The van der Waals surface area contributed by atoms with Gasteiger partial charge in [-0.25, -0.2) is 4.79 Å². The highest BCUT2D eigenvalue weighted by atomic mass is 16.4. The van der Waals surface area contributed by atoms with Crippen LogP contribution in [0.2, 0.25) is 0 Å². The fraction of sp³-hybridized carbons (Fsp3) is 0.538. The second-order valence-electron chi connectivity index (χ2n) is 5.34. The van der Waals surface area contributed by atoms with Gasteiger partial charge in [-0.1, -0.05) is 12.2 Å². The minimum atomic E-state index is -1.56. The van der Waals surface area contributed by atoms with Crippen LogP contribution < -0.4 is 5.32 Å². The number of rotatable bonds is 6. The van der Waals surface area contributed by atoms with Crippen LogP contribution in [0.5, 0.6) is 0 Å². The van der Waals surface area contributed by atoms with Gasteiger partial charge in [-0.05, 0) is 18.3 Å². The van der Waals surface area contributed by atoms with Crippen LogP contribution in [0, 0.1) is 23.7 Å². The summed E-state index contributed by atoms with van der Waals surface area (Å²) in [4.78, 5) is 45.0. The summed E-state index contributed by atoms with van der Waals surface area (Å²) in [5.74, 6) is -6.85. The maximum absolute atomic E-state index is 12.2. The fourth-order valence-corrected chi connectivity index (χ4v) is 3.16. The second kappa shape index (κ2) is 5.55. The lowest BCUT2D eigenvalue weighted by atomic mass is 9.82. The molecule has 1 saturated carbocycles. The van der Waals surface area contributed by atoms with E-state index in [0.29, 0.717) is 6.42 Å². The molecule has 5 atom stereocenters. The molecule has 0 aliphatic heterocycles. The summed E-state index contributed by atoms with van der Waals surface area (Å²) < 4.78 is 0. The maximum atomic E-state index is 12.2. The number of carboxylic acid groups (broad SMARTS) is 3. The van der Waals surface area contributed by atoms with Crippen molar-refractivity contribution < 1.29 is 34.5 Å². The minimum absolute atomic E-state index is 0.231. The molecule has 0 saturated heterocycles. The molecule has 2 aliphatic rings. The highest BCUT2D eigenvalue weighted by molar-refractivity contribution is 5.91. The molecule has 1 fully saturated rings. The topological polar surface area (TPSA) is 141 Å². The molecule has 8 heteroatoms. The summed E-state index contributed by atoms with van der Waals surface area (Å²) in [7, 11) is 0. The van der Waals surface area contributed by atoms with Gasteiger partial charge in [-0.3, -0.25) is 14.4 Å². The smallest absolute Gasteiger partial charge is 0.326 e. The molecule has 2 rings (SSSR count). The predicted molar refractivity (Wildman–Crippen MR) is 67.2 cm³/mol. The monoisotopic (exact) mass is 297 g/mol. The minimum Gasteiger partial charge on any atom is -0.481 e. The standard InChI is InChI=1S/C13H15NO7/c15-8(16)4-7(12(18)19)14-11(17)9-5-1-2-6(3-5)10(9)13(20)21/h1-2,5-7,9-10H,3-4H2,(H,14,17)(H,15,16)(H,18,19)(H,20,21)/t5-,6-,7-,9+,10+/m0/s1. The molecule has 8 nitrogen and oxygen atoms in total. The summed E-state index contributed by atoms with van der Waals surface area (Å²) in [6.45, 7) is 0. The van der Waals surface area contributed by atoms with Gasteiger partial charge >= 0.3 is 17.9 Å². The van der Waals surface area contributed by atoms with Gasteiger partial charge in [0.2, 0.25) is 5.91 Å². The molecule has 0 aromatic heterocycles. The molecule has 0 spiro atoms. The van der Waals surface area contributed by atoms with Crippen LogP contribution in [0.3, 0.4) is 0 Å². The predicted octanol–water partition coefficient (Wildman–Crippen LogP) is -0.447. The number of hydrogen-bond donors (Lipinski definition) is 4. The Morgan fingerprint density at radius 2 is 1.62 bits per heavy atom. The van der Waals surface area contributed by atoms with Crippen LogP contribution in [-0.2, 0) is 19.2 Å². The van der Waals surface area contributed by atoms with E-state index in [-0.39, 0.29) is 11.8 Å². The van der Waals surface area contributed by atoms with Gasteiger partial charge in [0.05, 0.1) is 18.3 Å². The molecular weight excluding hydrogens is 282 g/mol. The number of allylic oxidation sites excluding steroid dienone is 2. The van der Waals surface area contributed by atoms with Gasteiger partial charge in [0.15, 0.2) is 0 Å². The van der Waals surface area contributed by atoms with Crippen LogP contribution in [0.4, 0.5) is 0 Å². The van der Waals surface area contributed by atoms with Crippen molar-refractivity contribution in [2.45, 2.75) is 18.9 Å². The van der Waals surface area contributed by atoms with Crippen molar-refractivity contribution in [3.05, 3.63) is 12.2 Å². The zero-order valence-corrected chi connectivity index (χ0v) is 10.9. The number of aliphatic carboxylic acids is 3. The average Bonchev–Trinajstić information content (AvgIpc) is 2.96. The first-order valence-corrected chi connectivity index (χ1v) is 6.47. The summed E-state index contributed by atoms with van der Waals surface area (Å²) in [6, 6.07) is -1.56. The Bertz CT molecular complexity index is 527. The van der Waals surface area contributed by atoms with Crippen molar-refractivity contribution in [2.24, 2.45) is 23.7 Å². The SMILES string of the molecule is O=C(O)C[C@H](NC(=O)[C@H]1[C@H](C(=O)O)[C@H]2C=C[C@H]1C2)C(=O)O. The maximum Gasteiger partial charge on any atom is 0.326 e. The highest BCUT2D eigenvalue weighted by Gasteiger charge is 2.52. The van der Waals surface area contributed by atoms with Crippen LogP contribution in [0.1, 0.15) is 12.8 Å².